The van der Waals surface area contributed by atoms with Crippen LogP contribution in [0.1, 0.15) is 30.3 Å². The Labute approximate surface area is 83.6 Å². The minimum absolute atomic E-state index is 0.0208. The lowest BCUT2D eigenvalue weighted by atomic mass is 9.96. The van der Waals surface area contributed by atoms with Gasteiger partial charge in [-0.25, -0.2) is 0 Å². The van der Waals surface area contributed by atoms with Gasteiger partial charge < -0.3 is 10.4 Å². The van der Waals surface area contributed by atoms with E-state index in [4.69, 9.17) is 0 Å². The zero-order valence-electron chi connectivity index (χ0n) is 8.59. The second kappa shape index (κ2) is 3.78. The van der Waals surface area contributed by atoms with Gasteiger partial charge in [-0.05, 0) is 44.8 Å². The summed E-state index contributed by atoms with van der Waals surface area (Å²) in [5.41, 5.74) is 0.524. The summed E-state index contributed by atoms with van der Waals surface area (Å²) in [5.74, 6) is 0. The maximum absolute atomic E-state index is 9.92. The molecular formula is C10H17NOS. The van der Waals surface area contributed by atoms with Crippen molar-refractivity contribution in [3.63, 3.8) is 0 Å². The number of nitrogens with one attached hydrogen (secondary N) is 1. The second-order valence-corrected chi connectivity index (χ2v) is 4.79. The molecule has 1 atom stereocenters. The van der Waals surface area contributed by atoms with E-state index in [2.05, 4.69) is 23.7 Å². The van der Waals surface area contributed by atoms with Gasteiger partial charge in [0.05, 0.1) is 11.6 Å². The Kier molecular flexibility index (Phi) is 3.11. The summed E-state index contributed by atoms with van der Waals surface area (Å²) in [7, 11) is 1.88. The molecular weight excluding hydrogens is 182 g/mol. The van der Waals surface area contributed by atoms with E-state index in [-0.39, 0.29) is 6.04 Å². The van der Waals surface area contributed by atoms with Crippen LogP contribution in [0.3, 0.4) is 0 Å². The molecule has 1 unspecified atom stereocenters. The van der Waals surface area contributed by atoms with Crippen molar-refractivity contribution < 1.29 is 5.11 Å². The fourth-order valence-electron chi connectivity index (χ4n) is 1.49. The van der Waals surface area contributed by atoms with Gasteiger partial charge in [-0.2, -0.15) is 0 Å². The highest BCUT2D eigenvalue weighted by atomic mass is 32.1. The zero-order chi connectivity index (χ0) is 10.1. The Morgan fingerprint density at radius 1 is 1.54 bits per heavy atom. The van der Waals surface area contributed by atoms with Gasteiger partial charge in [0.2, 0.25) is 0 Å². The molecule has 0 fully saturated rings. The van der Waals surface area contributed by atoms with Crippen molar-refractivity contribution in [2.24, 2.45) is 0 Å². The van der Waals surface area contributed by atoms with Crippen LogP contribution in [0.2, 0.25) is 0 Å². The van der Waals surface area contributed by atoms with Gasteiger partial charge in [0, 0.05) is 4.88 Å². The summed E-state index contributed by atoms with van der Waals surface area (Å²) in [6.07, 6.45) is 0. The van der Waals surface area contributed by atoms with Crippen molar-refractivity contribution in [2.45, 2.75) is 32.4 Å². The van der Waals surface area contributed by atoms with Crippen molar-refractivity contribution in [3.05, 3.63) is 21.9 Å². The first kappa shape index (κ1) is 10.7. The Morgan fingerprint density at radius 3 is 2.46 bits per heavy atom. The van der Waals surface area contributed by atoms with Crippen LogP contribution in [0.25, 0.3) is 0 Å². The monoisotopic (exact) mass is 199 g/mol. The van der Waals surface area contributed by atoms with Crippen molar-refractivity contribution in [1.29, 1.82) is 0 Å². The first-order chi connectivity index (χ1) is 5.96. The normalized spacial score (nSPS) is 14.5. The van der Waals surface area contributed by atoms with Crippen molar-refractivity contribution in [1.82, 2.24) is 5.32 Å². The Bertz CT molecular complexity index is 275. The molecule has 0 aliphatic carbocycles. The average molecular weight is 199 g/mol. The Hall–Kier alpha value is -0.380. The summed E-state index contributed by atoms with van der Waals surface area (Å²) < 4.78 is 0. The minimum Gasteiger partial charge on any atom is -0.388 e. The molecule has 13 heavy (non-hydrogen) atoms. The molecule has 1 aromatic heterocycles. The number of hydrogen-bond acceptors (Lipinski definition) is 3. The summed E-state index contributed by atoms with van der Waals surface area (Å²) in [5, 5.41) is 15.1. The molecule has 2 nitrogen and oxygen atoms in total. The van der Waals surface area contributed by atoms with Gasteiger partial charge in [0.1, 0.15) is 0 Å². The first-order valence-electron chi connectivity index (χ1n) is 4.40. The van der Waals surface area contributed by atoms with Crippen LogP contribution in [0, 0.1) is 6.92 Å². The van der Waals surface area contributed by atoms with Gasteiger partial charge in [-0.1, -0.05) is 0 Å². The van der Waals surface area contributed by atoms with Crippen LogP contribution >= 0.6 is 11.3 Å². The summed E-state index contributed by atoms with van der Waals surface area (Å²) in [6, 6.07) is 2.10. The molecule has 0 radical (unpaired) electrons. The van der Waals surface area contributed by atoms with E-state index < -0.39 is 5.60 Å². The van der Waals surface area contributed by atoms with Crippen molar-refractivity contribution in [3.8, 4) is 0 Å². The highest BCUT2D eigenvalue weighted by molar-refractivity contribution is 7.10. The van der Waals surface area contributed by atoms with E-state index in [9.17, 15) is 5.11 Å². The van der Waals surface area contributed by atoms with Crippen LogP contribution in [-0.2, 0) is 0 Å². The van der Waals surface area contributed by atoms with Crippen LogP contribution in [-0.4, -0.2) is 17.8 Å². The summed E-state index contributed by atoms with van der Waals surface area (Å²) >= 11 is 1.69. The fourth-order valence-corrected chi connectivity index (χ4v) is 2.70. The quantitative estimate of drug-likeness (QED) is 0.781. The molecule has 1 rings (SSSR count). The molecule has 0 aliphatic heterocycles. The molecule has 0 aromatic carbocycles. The Balaban J connectivity index is 2.98. The number of likely N-dealkylation sites (N-methyl/N-ethyl adjacent to an activating group) is 1. The molecule has 0 aliphatic rings. The van der Waals surface area contributed by atoms with Gasteiger partial charge in [-0.15, -0.1) is 11.3 Å². The van der Waals surface area contributed by atoms with Gasteiger partial charge in [-0.3, -0.25) is 0 Å². The molecule has 0 saturated carbocycles. The standard InChI is InChI=1S/C10H17NOS/c1-7-5-6-13-8(7)9(11-4)10(2,3)12/h5-6,9,11-12H,1-4H3. The molecule has 2 N–H and O–H groups in total. The topological polar surface area (TPSA) is 32.3 Å². The lowest BCUT2D eigenvalue weighted by molar-refractivity contribution is 0.0411. The van der Waals surface area contributed by atoms with E-state index in [0.717, 1.165) is 0 Å². The smallest absolute Gasteiger partial charge is 0.0793 e. The lowest BCUT2D eigenvalue weighted by Crippen LogP contribution is -2.37. The summed E-state index contributed by atoms with van der Waals surface area (Å²) in [6.45, 7) is 5.72. The molecule has 74 valence electrons. The van der Waals surface area contributed by atoms with Crippen LogP contribution in [0.4, 0.5) is 0 Å². The first-order valence-corrected chi connectivity index (χ1v) is 5.28. The Morgan fingerprint density at radius 2 is 2.15 bits per heavy atom. The zero-order valence-corrected chi connectivity index (χ0v) is 9.40. The minimum atomic E-state index is -0.718. The molecule has 0 saturated heterocycles. The molecule has 0 bridgehead atoms. The number of rotatable bonds is 3. The van der Waals surface area contributed by atoms with Crippen molar-refractivity contribution in [2.75, 3.05) is 7.05 Å². The third kappa shape index (κ3) is 2.30. The lowest BCUT2D eigenvalue weighted by Gasteiger charge is -2.28. The van der Waals surface area contributed by atoms with E-state index in [1.165, 1.54) is 10.4 Å². The van der Waals surface area contributed by atoms with E-state index >= 15 is 0 Å². The maximum atomic E-state index is 9.92. The van der Waals surface area contributed by atoms with Gasteiger partial charge in [0.25, 0.3) is 0 Å². The molecule has 0 spiro atoms. The van der Waals surface area contributed by atoms with Crippen LogP contribution < -0.4 is 5.32 Å². The van der Waals surface area contributed by atoms with Crippen LogP contribution in [0.5, 0.6) is 0 Å². The summed E-state index contributed by atoms with van der Waals surface area (Å²) in [4.78, 5) is 1.22. The predicted molar refractivity (Wildman–Crippen MR) is 57.2 cm³/mol. The number of thiophene rings is 1. The van der Waals surface area contributed by atoms with Gasteiger partial charge >= 0.3 is 0 Å². The number of hydrogen-bond donors (Lipinski definition) is 2. The number of aliphatic hydroxyl groups is 1. The average Bonchev–Trinajstić information content (AvgIpc) is 2.35. The SMILES string of the molecule is CNC(c1sccc1C)C(C)(C)O. The fraction of sp³-hybridized carbons (Fsp3) is 0.600. The second-order valence-electron chi connectivity index (χ2n) is 3.84. The van der Waals surface area contributed by atoms with Crippen molar-refractivity contribution >= 4 is 11.3 Å². The number of aryl methyl sites for hydroxylation is 1. The maximum Gasteiger partial charge on any atom is 0.0793 e. The van der Waals surface area contributed by atoms with Crippen LogP contribution in [0.15, 0.2) is 11.4 Å². The largest absolute Gasteiger partial charge is 0.388 e. The highest BCUT2D eigenvalue weighted by Gasteiger charge is 2.28. The third-order valence-corrected chi connectivity index (χ3v) is 3.24. The molecule has 3 heteroatoms. The van der Waals surface area contributed by atoms with Gasteiger partial charge in [0.15, 0.2) is 0 Å². The molecule has 1 heterocycles. The van der Waals surface area contributed by atoms with E-state index in [0.29, 0.717) is 0 Å². The third-order valence-electron chi connectivity index (χ3n) is 2.16. The highest BCUT2D eigenvalue weighted by Crippen LogP contribution is 2.31. The van der Waals surface area contributed by atoms with E-state index in [1.807, 2.05) is 20.9 Å². The molecule has 0 amide bonds. The predicted octanol–water partition coefficient (Wildman–Crippen LogP) is 2.09. The van der Waals surface area contributed by atoms with E-state index in [1.54, 1.807) is 11.3 Å². The molecule has 1 aromatic rings.